The van der Waals surface area contributed by atoms with Crippen LogP contribution in [-0.2, 0) is 65.4 Å². The monoisotopic (exact) mass is 1480 g/mol. The molecule has 0 spiro atoms. The third kappa shape index (κ3) is 74.7. The number of phosphoric acid groups is 2. The highest BCUT2D eigenvalue weighted by atomic mass is 31.2. The molecule has 600 valence electrons. The van der Waals surface area contributed by atoms with E-state index in [-0.39, 0.29) is 25.7 Å². The van der Waals surface area contributed by atoms with E-state index in [0.29, 0.717) is 31.6 Å². The standard InChI is InChI=1S/C82H160O17P2/c1-7-10-12-14-16-18-20-22-24-26-28-30-32-34-36-38-40-42-46-54-60-66-81(86)98-77(70-92-79(84)64-58-52-45-41-39-37-35-33-31-29-27-25-23-21-19-17-15-13-11-8-2)72-96-100(88,89)94-68-76(83)69-95-101(90,91)97-73-78(99-82(87)67-61-55-47-43-44-50-56-62-74(4)5)71-93-80(85)65-59-53-49-48-51-57-63-75(6)9-3/h74-78,83H,7-73H2,1-6H3,(H,88,89)(H,90,91)/t75?,76-,77-,78-/m1/s1. The van der Waals surface area contributed by atoms with Gasteiger partial charge in [0.15, 0.2) is 12.2 Å². The molecular weight excluding hydrogens is 1320 g/mol. The minimum absolute atomic E-state index is 0.103. The van der Waals surface area contributed by atoms with Crippen molar-refractivity contribution in [3.8, 4) is 0 Å². The first-order valence-corrected chi connectivity index (χ1v) is 45.5. The van der Waals surface area contributed by atoms with E-state index in [0.717, 1.165) is 102 Å². The lowest BCUT2D eigenvalue weighted by Gasteiger charge is -2.21. The Balaban J connectivity index is 5.18. The van der Waals surface area contributed by atoms with Crippen LogP contribution in [0.25, 0.3) is 0 Å². The summed E-state index contributed by atoms with van der Waals surface area (Å²) >= 11 is 0. The Morgan fingerprint density at radius 3 is 0.752 bits per heavy atom. The van der Waals surface area contributed by atoms with Gasteiger partial charge in [0.2, 0.25) is 0 Å². The van der Waals surface area contributed by atoms with E-state index in [1.807, 2.05) is 0 Å². The van der Waals surface area contributed by atoms with Gasteiger partial charge in [-0.25, -0.2) is 9.13 Å². The molecular formula is C82H160O17P2. The summed E-state index contributed by atoms with van der Waals surface area (Å²) in [7, 11) is -9.92. The number of ether oxygens (including phenoxy) is 4. The zero-order chi connectivity index (χ0) is 74.2. The first-order chi connectivity index (χ1) is 48.9. The van der Waals surface area contributed by atoms with Gasteiger partial charge in [0.25, 0.3) is 0 Å². The molecule has 0 saturated carbocycles. The van der Waals surface area contributed by atoms with Gasteiger partial charge in [0.1, 0.15) is 19.3 Å². The molecule has 0 bridgehead atoms. The molecule has 19 heteroatoms. The zero-order valence-electron chi connectivity index (χ0n) is 66.2. The van der Waals surface area contributed by atoms with Crippen molar-refractivity contribution in [1.29, 1.82) is 0 Å². The van der Waals surface area contributed by atoms with Crippen LogP contribution in [0.15, 0.2) is 0 Å². The van der Waals surface area contributed by atoms with Crippen LogP contribution in [0.2, 0.25) is 0 Å². The quantitative estimate of drug-likeness (QED) is 0.0222. The van der Waals surface area contributed by atoms with Gasteiger partial charge in [-0.1, -0.05) is 382 Å². The average Bonchev–Trinajstić information content (AvgIpc) is 1.01. The van der Waals surface area contributed by atoms with Crippen molar-refractivity contribution in [1.82, 2.24) is 0 Å². The molecule has 0 aromatic carbocycles. The van der Waals surface area contributed by atoms with Crippen LogP contribution in [0.1, 0.15) is 433 Å². The van der Waals surface area contributed by atoms with Crippen LogP contribution in [0.5, 0.6) is 0 Å². The van der Waals surface area contributed by atoms with Gasteiger partial charge in [0.05, 0.1) is 26.4 Å². The molecule has 0 aromatic heterocycles. The number of phosphoric ester groups is 2. The number of unbranched alkanes of at least 4 members (excludes halogenated alkanes) is 50. The van der Waals surface area contributed by atoms with Gasteiger partial charge in [0, 0.05) is 25.7 Å². The van der Waals surface area contributed by atoms with Crippen LogP contribution in [0.3, 0.4) is 0 Å². The number of rotatable bonds is 81. The number of carbonyl (C=O) groups excluding carboxylic acids is 4. The molecule has 0 rings (SSSR count). The van der Waals surface area contributed by atoms with Crippen molar-refractivity contribution in [3.63, 3.8) is 0 Å². The van der Waals surface area contributed by atoms with E-state index < -0.39 is 97.5 Å². The molecule has 101 heavy (non-hydrogen) atoms. The van der Waals surface area contributed by atoms with Gasteiger partial charge in [-0.3, -0.25) is 37.3 Å². The molecule has 0 aliphatic rings. The molecule has 0 aliphatic heterocycles. The highest BCUT2D eigenvalue weighted by Gasteiger charge is 2.30. The minimum Gasteiger partial charge on any atom is -0.462 e. The van der Waals surface area contributed by atoms with E-state index in [4.69, 9.17) is 37.0 Å². The number of carbonyl (C=O) groups is 4. The maximum atomic E-state index is 13.1. The number of hydrogen-bond donors (Lipinski definition) is 3. The van der Waals surface area contributed by atoms with Crippen molar-refractivity contribution in [2.75, 3.05) is 39.6 Å². The van der Waals surface area contributed by atoms with Gasteiger partial charge in [-0.2, -0.15) is 0 Å². The third-order valence-electron chi connectivity index (χ3n) is 19.6. The van der Waals surface area contributed by atoms with Gasteiger partial charge >= 0.3 is 39.5 Å². The fourth-order valence-corrected chi connectivity index (χ4v) is 14.3. The Morgan fingerprint density at radius 2 is 0.505 bits per heavy atom. The number of esters is 4. The van der Waals surface area contributed by atoms with Gasteiger partial charge in [-0.15, -0.1) is 0 Å². The number of hydrogen-bond acceptors (Lipinski definition) is 15. The molecule has 0 amide bonds. The van der Waals surface area contributed by atoms with Crippen molar-refractivity contribution in [2.24, 2.45) is 11.8 Å². The molecule has 0 saturated heterocycles. The smallest absolute Gasteiger partial charge is 0.462 e. The lowest BCUT2D eigenvalue weighted by Crippen LogP contribution is -2.30. The summed E-state index contributed by atoms with van der Waals surface area (Å²) < 4.78 is 68.7. The zero-order valence-corrected chi connectivity index (χ0v) is 68.0. The Bertz CT molecular complexity index is 1940. The van der Waals surface area contributed by atoms with Gasteiger partial charge < -0.3 is 33.8 Å². The second-order valence-corrected chi connectivity index (χ2v) is 33.1. The Labute approximate surface area is 619 Å². The maximum Gasteiger partial charge on any atom is 0.472 e. The van der Waals surface area contributed by atoms with Crippen molar-refractivity contribution < 1.29 is 80.2 Å². The van der Waals surface area contributed by atoms with Crippen molar-refractivity contribution in [3.05, 3.63) is 0 Å². The molecule has 3 unspecified atom stereocenters. The van der Waals surface area contributed by atoms with Crippen LogP contribution < -0.4 is 0 Å². The summed E-state index contributed by atoms with van der Waals surface area (Å²) in [4.78, 5) is 73.0. The van der Waals surface area contributed by atoms with E-state index in [1.165, 1.54) is 244 Å². The summed E-state index contributed by atoms with van der Waals surface area (Å²) in [6, 6.07) is 0. The molecule has 6 atom stereocenters. The molecule has 0 aromatic rings. The normalized spacial score (nSPS) is 14.2. The van der Waals surface area contributed by atoms with E-state index in [1.54, 1.807) is 0 Å². The molecule has 0 fully saturated rings. The third-order valence-corrected chi connectivity index (χ3v) is 21.5. The lowest BCUT2D eigenvalue weighted by atomic mass is 10.00. The maximum absolute atomic E-state index is 13.1. The molecule has 17 nitrogen and oxygen atoms in total. The van der Waals surface area contributed by atoms with Crippen molar-refractivity contribution in [2.45, 2.75) is 452 Å². The van der Waals surface area contributed by atoms with Crippen LogP contribution in [0.4, 0.5) is 0 Å². The SMILES string of the molecule is CCCCCCCCCCCCCCCCCCCCCCCC(=O)O[C@H](COC(=O)CCCCCCCCCCCCCCCCCCCCCC)COP(=O)(O)OC[C@@H](O)COP(=O)(O)OC[C@@H](COC(=O)CCCCCCCCC(C)CC)OC(=O)CCCCCCCCCC(C)C. The summed E-state index contributed by atoms with van der Waals surface area (Å²) in [5.74, 6) is -0.688. The largest absolute Gasteiger partial charge is 0.472 e. The molecule has 0 heterocycles. The summed E-state index contributed by atoms with van der Waals surface area (Å²) in [6.45, 7) is 9.52. The summed E-state index contributed by atoms with van der Waals surface area (Å²) in [5.41, 5.74) is 0. The van der Waals surface area contributed by atoms with Crippen LogP contribution in [0, 0.1) is 11.8 Å². The Kier molecular flexibility index (Phi) is 72.2. The number of aliphatic hydroxyl groups is 1. The lowest BCUT2D eigenvalue weighted by molar-refractivity contribution is -0.161. The second kappa shape index (κ2) is 73.6. The summed E-state index contributed by atoms with van der Waals surface area (Å²) in [6.07, 6.45) is 64.3. The topological polar surface area (TPSA) is 237 Å². The van der Waals surface area contributed by atoms with Gasteiger partial charge in [-0.05, 0) is 37.5 Å². The predicted molar refractivity (Wildman–Crippen MR) is 414 cm³/mol. The fourth-order valence-electron chi connectivity index (χ4n) is 12.7. The van der Waals surface area contributed by atoms with E-state index in [2.05, 4.69) is 41.5 Å². The van der Waals surface area contributed by atoms with Crippen LogP contribution in [-0.4, -0.2) is 96.7 Å². The fraction of sp³-hybridized carbons (Fsp3) is 0.951. The van der Waals surface area contributed by atoms with E-state index in [9.17, 15) is 43.2 Å². The highest BCUT2D eigenvalue weighted by Crippen LogP contribution is 2.45. The van der Waals surface area contributed by atoms with E-state index >= 15 is 0 Å². The van der Waals surface area contributed by atoms with Crippen molar-refractivity contribution >= 4 is 39.5 Å². The molecule has 0 radical (unpaired) electrons. The molecule has 0 aliphatic carbocycles. The van der Waals surface area contributed by atoms with Crippen LogP contribution >= 0.6 is 15.6 Å². The second-order valence-electron chi connectivity index (χ2n) is 30.2. The first kappa shape index (κ1) is 99.1. The Morgan fingerprint density at radius 1 is 0.287 bits per heavy atom. The highest BCUT2D eigenvalue weighted by molar-refractivity contribution is 7.47. The first-order valence-electron chi connectivity index (χ1n) is 42.5. The molecule has 3 N–H and O–H groups in total. The summed E-state index contributed by atoms with van der Waals surface area (Å²) in [5, 5.41) is 10.6. The average molecular weight is 1480 g/mol. The minimum atomic E-state index is -4.96. The Hall–Kier alpha value is -1.94. The predicted octanol–water partition coefficient (Wildman–Crippen LogP) is 24.7. The number of aliphatic hydroxyl groups excluding tert-OH is 1.